The SMILES string of the molecule is CCOc1ccccc1/C=C/C(=O)c1ccc(N(C)C)cc1. The Hall–Kier alpha value is -2.55. The fraction of sp³-hybridized carbons (Fsp3) is 0.211. The van der Waals surface area contributed by atoms with Crippen molar-refractivity contribution in [3.8, 4) is 5.75 Å². The average Bonchev–Trinajstić information content (AvgIpc) is 2.54. The molecule has 0 radical (unpaired) electrons. The van der Waals surface area contributed by atoms with Gasteiger partial charge in [-0.25, -0.2) is 0 Å². The van der Waals surface area contributed by atoms with Gasteiger partial charge in [0.2, 0.25) is 0 Å². The van der Waals surface area contributed by atoms with Gasteiger partial charge < -0.3 is 9.64 Å². The van der Waals surface area contributed by atoms with E-state index in [-0.39, 0.29) is 5.78 Å². The van der Waals surface area contributed by atoms with Crippen molar-refractivity contribution in [3.63, 3.8) is 0 Å². The van der Waals surface area contributed by atoms with Gasteiger partial charge in [-0.1, -0.05) is 18.2 Å². The molecule has 22 heavy (non-hydrogen) atoms. The Morgan fingerprint density at radius 1 is 1.09 bits per heavy atom. The Kier molecular flexibility index (Phi) is 5.37. The van der Waals surface area contributed by atoms with Crippen molar-refractivity contribution in [3.05, 3.63) is 65.7 Å². The van der Waals surface area contributed by atoms with Gasteiger partial charge in [-0.3, -0.25) is 4.79 Å². The second kappa shape index (κ2) is 7.46. The highest BCUT2D eigenvalue weighted by atomic mass is 16.5. The number of hydrogen-bond acceptors (Lipinski definition) is 3. The third kappa shape index (κ3) is 3.98. The van der Waals surface area contributed by atoms with Crippen molar-refractivity contribution >= 4 is 17.5 Å². The van der Waals surface area contributed by atoms with Crippen molar-refractivity contribution in [1.29, 1.82) is 0 Å². The van der Waals surface area contributed by atoms with E-state index in [4.69, 9.17) is 4.74 Å². The predicted octanol–water partition coefficient (Wildman–Crippen LogP) is 4.05. The lowest BCUT2D eigenvalue weighted by Crippen LogP contribution is -2.08. The molecular formula is C19H21NO2. The molecule has 0 fully saturated rings. The lowest BCUT2D eigenvalue weighted by molar-refractivity contribution is 0.104. The van der Waals surface area contributed by atoms with E-state index in [1.807, 2.05) is 74.4 Å². The molecule has 0 atom stereocenters. The minimum Gasteiger partial charge on any atom is -0.493 e. The van der Waals surface area contributed by atoms with Gasteiger partial charge in [0.15, 0.2) is 5.78 Å². The quantitative estimate of drug-likeness (QED) is 0.595. The number of ether oxygens (including phenoxy) is 1. The minimum atomic E-state index is -0.0170. The van der Waals surface area contributed by atoms with Crippen LogP contribution in [0.3, 0.4) is 0 Å². The van der Waals surface area contributed by atoms with Gasteiger partial charge in [0.25, 0.3) is 0 Å². The zero-order valence-corrected chi connectivity index (χ0v) is 13.2. The van der Waals surface area contributed by atoms with E-state index in [2.05, 4.69) is 0 Å². The number of carbonyl (C=O) groups is 1. The molecule has 0 aliphatic carbocycles. The monoisotopic (exact) mass is 295 g/mol. The van der Waals surface area contributed by atoms with Gasteiger partial charge in [0.05, 0.1) is 6.61 Å². The summed E-state index contributed by atoms with van der Waals surface area (Å²) in [6.07, 6.45) is 3.38. The van der Waals surface area contributed by atoms with E-state index in [1.54, 1.807) is 12.2 Å². The molecule has 0 aliphatic rings. The molecule has 2 aromatic rings. The zero-order chi connectivity index (χ0) is 15.9. The average molecular weight is 295 g/mol. The van der Waals surface area contributed by atoms with E-state index < -0.39 is 0 Å². The number of hydrogen-bond donors (Lipinski definition) is 0. The third-order valence-electron chi connectivity index (χ3n) is 3.30. The van der Waals surface area contributed by atoms with Gasteiger partial charge in [-0.05, 0) is 49.4 Å². The number of ketones is 1. The molecule has 0 saturated carbocycles. The summed E-state index contributed by atoms with van der Waals surface area (Å²) in [5.41, 5.74) is 2.65. The summed E-state index contributed by atoms with van der Waals surface area (Å²) in [7, 11) is 3.95. The number of benzene rings is 2. The second-order valence-corrected chi connectivity index (χ2v) is 5.11. The molecule has 0 aromatic heterocycles. The zero-order valence-electron chi connectivity index (χ0n) is 13.2. The first-order chi connectivity index (χ1) is 10.6. The number of carbonyl (C=O) groups excluding carboxylic acids is 1. The summed E-state index contributed by atoms with van der Waals surface area (Å²) in [5.74, 6) is 0.772. The number of nitrogens with zero attached hydrogens (tertiary/aromatic N) is 1. The molecule has 2 aromatic carbocycles. The van der Waals surface area contributed by atoms with Gasteiger partial charge in [0.1, 0.15) is 5.75 Å². The summed E-state index contributed by atoms with van der Waals surface area (Å²) in [6.45, 7) is 2.54. The van der Waals surface area contributed by atoms with Crippen LogP contribution in [-0.4, -0.2) is 26.5 Å². The van der Waals surface area contributed by atoms with E-state index in [1.165, 1.54) is 0 Å². The lowest BCUT2D eigenvalue weighted by atomic mass is 10.1. The topological polar surface area (TPSA) is 29.5 Å². The van der Waals surface area contributed by atoms with Crippen molar-refractivity contribution in [2.24, 2.45) is 0 Å². The third-order valence-corrected chi connectivity index (χ3v) is 3.30. The lowest BCUT2D eigenvalue weighted by Gasteiger charge is -2.11. The first kappa shape index (κ1) is 15.8. The maximum Gasteiger partial charge on any atom is 0.185 e. The number of rotatable bonds is 6. The van der Waals surface area contributed by atoms with Crippen LogP contribution in [0, 0.1) is 0 Å². The Bertz CT molecular complexity index is 657. The Morgan fingerprint density at radius 3 is 2.41 bits per heavy atom. The highest BCUT2D eigenvalue weighted by Gasteiger charge is 2.04. The Labute approximate surface area is 131 Å². The van der Waals surface area contributed by atoms with E-state index in [0.717, 1.165) is 17.0 Å². The molecule has 0 bridgehead atoms. The van der Waals surface area contributed by atoms with Crippen molar-refractivity contribution in [2.45, 2.75) is 6.92 Å². The van der Waals surface area contributed by atoms with Crippen LogP contribution in [0.1, 0.15) is 22.8 Å². The molecule has 0 N–H and O–H groups in total. The molecule has 114 valence electrons. The van der Waals surface area contributed by atoms with Gasteiger partial charge in [-0.2, -0.15) is 0 Å². The molecular weight excluding hydrogens is 274 g/mol. The van der Waals surface area contributed by atoms with Crippen LogP contribution in [0.5, 0.6) is 5.75 Å². The summed E-state index contributed by atoms with van der Waals surface area (Å²) in [5, 5.41) is 0. The molecule has 2 rings (SSSR count). The van der Waals surface area contributed by atoms with Crippen molar-refractivity contribution < 1.29 is 9.53 Å². The smallest absolute Gasteiger partial charge is 0.185 e. The van der Waals surface area contributed by atoms with E-state index in [0.29, 0.717) is 12.2 Å². The van der Waals surface area contributed by atoms with Gasteiger partial charge >= 0.3 is 0 Å². The first-order valence-electron chi connectivity index (χ1n) is 7.33. The molecule has 0 spiro atoms. The van der Waals surface area contributed by atoms with Crippen LogP contribution in [0.25, 0.3) is 6.08 Å². The molecule has 0 unspecified atom stereocenters. The Morgan fingerprint density at radius 2 is 1.77 bits per heavy atom. The molecule has 3 nitrogen and oxygen atoms in total. The molecule has 0 saturated heterocycles. The second-order valence-electron chi connectivity index (χ2n) is 5.11. The molecule has 0 aliphatic heterocycles. The maximum absolute atomic E-state index is 12.2. The van der Waals surface area contributed by atoms with Crippen LogP contribution in [0.4, 0.5) is 5.69 Å². The van der Waals surface area contributed by atoms with Gasteiger partial charge in [0, 0.05) is 30.9 Å². The number of anilines is 1. The van der Waals surface area contributed by atoms with E-state index >= 15 is 0 Å². The summed E-state index contributed by atoms with van der Waals surface area (Å²) < 4.78 is 5.55. The normalized spacial score (nSPS) is 10.7. The van der Waals surface area contributed by atoms with Crippen molar-refractivity contribution in [2.75, 3.05) is 25.6 Å². The van der Waals surface area contributed by atoms with Crippen LogP contribution in [0.2, 0.25) is 0 Å². The van der Waals surface area contributed by atoms with Gasteiger partial charge in [-0.15, -0.1) is 0 Å². The first-order valence-corrected chi connectivity index (χ1v) is 7.33. The molecule has 0 heterocycles. The largest absolute Gasteiger partial charge is 0.493 e. The fourth-order valence-corrected chi connectivity index (χ4v) is 2.09. The molecule has 3 heteroatoms. The van der Waals surface area contributed by atoms with E-state index in [9.17, 15) is 4.79 Å². The minimum absolute atomic E-state index is 0.0170. The predicted molar refractivity (Wildman–Crippen MR) is 91.7 cm³/mol. The van der Waals surface area contributed by atoms with Crippen LogP contribution in [0.15, 0.2) is 54.6 Å². The van der Waals surface area contributed by atoms with Crippen LogP contribution >= 0.6 is 0 Å². The van der Waals surface area contributed by atoms with Crippen LogP contribution in [-0.2, 0) is 0 Å². The maximum atomic E-state index is 12.2. The fourth-order valence-electron chi connectivity index (χ4n) is 2.09. The number of allylic oxidation sites excluding steroid dienone is 1. The van der Waals surface area contributed by atoms with Crippen LogP contribution < -0.4 is 9.64 Å². The van der Waals surface area contributed by atoms with Crippen molar-refractivity contribution in [1.82, 2.24) is 0 Å². The Balaban J connectivity index is 2.14. The highest BCUT2D eigenvalue weighted by molar-refractivity contribution is 6.07. The number of para-hydroxylation sites is 1. The molecule has 0 amide bonds. The summed E-state index contributed by atoms with van der Waals surface area (Å²) in [4.78, 5) is 14.2. The summed E-state index contributed by atoms with van der Waals surface area (Å²) in [6, 6.07) is 15.3. The summed E-state index contributed by atoms with van der Waals surface area (Å²) >= 11 is 0. The standard InChI is InChI=1S/C19H21NO2/c1-4-22-19-8-6-5-7-16(19)11-14-18(21)15-9-12-17(13-10-15)20(2)3/h5-14H,4H2,1-3H3/b14-11+. The highest BCUT2D eigenvalue weighted by Crippen LogP contribution is 2.20.